The highest BCUT2D eigenvalue weighted by atomic mass is 32.2. The van der Waals surface area contributed by atoms with Crippen LogP contribution in [-0.4, -0.2) is 37.0 Å². The number of aliphatic hydroxyl groups excluding tert-OH is 1. The summed E-state index contributed by atoms with van der Waals surface area (Å²) in [5.74, 6) is 0. The Kier molecular flexibility index (Phi) is 4.95. The maximum Gasteiger partial charge on any atom is 0.446 e. The summed E-state index contributed by atoms with van der Waals surface area (Å²) in [6, 6.07) is 6.26. The summed E-state index contributed by atoms with van der Waals surface area (Å²) in [7, 11) is 0. The van der Waals surface area contributed by atoms with E-state index in [0.29, 0.717) is 26.3 Å². The zero-order valence-electron chi connectivity index (χ0n) is 10.7. The number of benzene rings is 1. The molecule has 0 atom stereocenters. The van der Waals surface area contributed by atoms with Gasteiger partial charge in [0.1, 0.15) is 0 Å². The van der Waals surface area contributed by atoms with Gasteiger partial charge in [-0.3, -0.25) is 0 Å². The summed E-state index contributed by atoms with van der Waals surface area (Å²) >= 11 is -0.116. The van der Waals surface area contributed by atoms with E-state index in [2.05, 4.69) is 5.32 Å². The molecule has 1 aliphatic rings. The molecule has 0 radical (unpaired) electrons. The molecule has 1 saturated heterocycles. The monoisotopic (exact) mass is 307 g/mol. The Morgan fingerprint density at radius 3 is 2.35 bits per heavy atom. The van der Waals surface area contributed by atoms with Gasteiger partial charge in [0, 0.05) is 18.0 Å². The van der Waals surface area contributed by atoms with Crippen molar-refractivity contribution in [1.29, 1.82) is 0 Å². The highest BCUT2D eigenvalue weighted by Gasteiger charge is 2.37. The Bertz CT molecular complexity index is 427. The number of ether oxygens (including phenoxy) is 1. The number of alkyl halides is 3. The minimum absolute atomic E-state index is 0.0706. The zero-order chi connectivity index (χ0) is 14.6. The molecule has 2 N–H and O–H groups in total. The summed E-state index contributed by atoms with van der Waals surface area (Å²) in [6.07, 6.45) is 0. The van der Waals surface area contributed by atoms with Crippen LogP contribution in [-0.2, 0) is 11.3 Å². The van der Waals surface area contributed by atoms with Gasteiger partial charge >= 0.3 is 5.51 Å². The van der Waals surface area contributed by atoms with E-state index < -0.39 is 5.51 Å². The minimum atomic E-state index is -4.25. The van der Waals surface area contributed by atoms with E-state index in [1.807, 2.05) is 0 Å². The smallest absolute Gasteiger partial charge is 0.396 e. The van der Waals surface area contributed by atoms with Crippen molar-refractivity contribution >= 4 is 11.8 Å². The van der Waals surface area contributed by atoms with Gasteiger partial charge in [-0.05, 0) is 29.5 Å². The molecule has 0 amide bonds. The summed E-state index contributed by atoms with van der Waals surface area (Å²) in [5, 5.41) is 12.4. The van der Waals surface area contributed by atoms with Crippen LogP contribution >= 0.6 is 11.8 Å². The first kappa shape index (κ1) is 15.6. The standard InChI is InChI=1S/C13H16F3NO2S/c14-13(15,16)20-11-3-1-10(2-4-11)5-17-6-12(7-18)8-19-9-12/h1-4,17-18H,5-9H2. The Labute approximate surface area is 119 Å². The lowest BCUT2D eigenvalue weighted by Crippen LogP contribution is -2.52. The Hall–Kier alpha value is -0.760. The second-order valence-corrected chi connectivity index (χ2v) is 6.08. The van der Waals surface area contributed by atoms with Gasteiger partial charge in [-0.1, -0.05) is 12.1 Å². The molecule has 0 spiro atoms. The number of hydrogen-bond acceptors (Lipinski definition) is 4. The maximum atomic E-state index is 12.2. The van der Waals surface area contributed by atoms with Gasteiger partial charge in [0.15, 0.2) is 0 Å². The first-order valence-corrected chi connectivity index (χ1v) is 6.98. The van der Waals surface area contributed by atoms with Gasteiger partial charge in [0.05, 0.1) is 25.2 Å². The van der Waals surface area contributed by atoms with Crippen molar-refractivity contribution in [1.82, 2.24) is 5.32 Å². The molecule has 0 aromatic heterocycles. The topological polar surface area (TPSA) is 41.5 Å². The predicted octanol–water partition coefficient (Wildman–Crippen LogP) is 2.40. The lowest BCUT2D eigenvalue weighted by atomic mass is 9.87. The van der Waals surface area contributed by atoms with E-state index in [1.54, 1.807) is 12.1 Å². The van der Waals surface area contributed by atoms with Crippen molar-refractivity contribution in [2.45, 2.75) is 16.9 Å². The van der Waals surface area contributed by atoms with Gasteiger partial charge in [0.25, 0.3) is 0 Å². The molecule has 3 nitrogen and oxygen atoms in total. The van der Waals surface area contributed by atoms with E-state index in [1.165, 1.54) is 12.1 Å². The van der Waals surface area contributed by atoms with Crippen LogP contribution in [0.3, 0.4) is 0 Å². The van der Waals surface area contributed by atoms with Gasteiger partial charge in [-0.25, -0.2) is 0 Å². The van der Waals surface area contributed by atoms with Crippen molar-refractivity contribution in [3.05, 3.63) is 29.8 Å². The number of halogens is 3. The van der Waals surface area contributed by atoms with E-state index in [0.717, 1.165) is 5.56 Å². The first-order chi connectivity index (χ1) is 9.42. The fourth-order valence-electron chi connectivity index (χ4n) is 1.92. The Morgan fingerprint density at radius 1 is 1.25 bits per heavy atom. The molecule has 20 heavy (non-hydrogen) atoms. The van der Waals surface area contributed by atoms with Crippen LogP contribution in [0.2, 0.25) is 0 Å². The third-order valence-electron chi connectivity index (χ3n) is 3.14. The summed E-state index contributed by atoms with van der Waals surface area (Å²) < 4.78 is 41.6. The first-order valence-electron chi connectivity index (χ1n) is 6.17. The lowest BCUT2D eigenvalue weighted by molar-refractivity contribution is -0.134. The number of thioether (sulfide) groups is 1. The van der Waals surface area contributed by atoms with Crippen LogP contribution in [0.1, 0.15) is 5.56 Å². The average Bonchev–Trinajstić information content (AvgIpc) is 2.33. The Morgan fingerprint density at radius 2 is 1.90 bits per heavy atom. The highest BCUT2D eigenvalue weighted by Crippen LogP contribution is 2.36. The molecule has 2 rings (SSSR count). The number of nitrogens with one attached hydrogen (secondary N) is 1. The van der Waals surface area contributed by atoms with Crippen molar-refractivity contribution in [2.24, 2.45) is 5.41 Å². The van der Waals surface area contributed by atoms with Crippen molar-refractivity contribution in [3.63, 3.8) is 0 Å². The molecule has 1 aliphatic heterocycles. The quantitative estimate of drug-likeness (QED) is 0.792. The van der Waals surface area contributed by atoms with Crippen LogP contribution in [0.4, 0.5) is 13.2 Å². The molecule has 1 aromatic rings. The molecule has 1 heterocycles. The molecule has 7 heteroatoms. The normalized spacial score (nSPS) is 17.8. The lowest BCUT2D eigenvalue weighted by Gasteiger charge is -2.40. The third-order valence-corrected chi connectivity index (χ3v) is 3.88. The minimum Gasteiger partial charge on any atom is -0.396 e. The fraction of sp³-hybridized carbons (Fsp3) is 0.538. The van der Waals surface area contributed by atoms with E-state index in [9.17, 15) is 18.3 Å². The van der Waals surface area contributed by atoms with Gasteiger partial charge in [0.2, 0.25) is 0 Å². The largest absolute Gasteiger partial charge is 0.446 e. The molecule has 0 unspecified atom stereocenters. The summed E-state index contributed by atoms with van der Waals surface area (Å²) in [5.41, 5.74) is -3.55. The van der Waals surface area contributed by atoms with E-state index in [4.69, 9.17) is 4.74 Å². The second kappa shape index (κ2) is 6.34. The van der Waals surface area contributed by atoms with Gasteiger partial charge in [-0.15, -0.1) is 0 Å². The number of rotatable bonds is 6. The SMILES string of the molecule is OCC1(CNCc2ccc(SC(F)(F)F)cc2)COC1. The molecular formula is C13H16F3NO2S. The van der Waals surface area contributed by atoms with Gasteiger partial charge < -0.3 is 15.2 Å². The molecule has 0 aliphatic carbocycles. The summed E-state index contributed by atoms with van der Waals surface area (Å²) in [6.45, 7) is 2.33. The second-order valence-electron chi connectivity index (χ2n) is 4.95. The third kappa shape index (κ3) is 4.37. The van der Waals surface area contributed by atoms with Crippen LogP contribution in [0.25, 0.3) is 0 Å². The van der Waals surface area contributed by atoms with Crippen LogP contribution in [0, 0.1) is 5.41 Å². The molecule has 1 aromatic carbocycles. The van der Waals surface area contributed by atoms with Crippen molar-refractivity contribution in [2.75, 3.05) is 26.4 Å². The van der Waals surface area contributed by atoms with E-state index in [-0.39, 0.29) is 28.7 Å². The predicted molar refractivity (Wildman–Crippen MR) is 70.4 cm³/mol. The molecule has 0 saturated carbocycles. The number of aliphatic hydroxyl groups is 1. The molecular weight excluding hydrogens is 291 g/mol. The van der Waals surface area contributed by atoms with Crippen LogP contribution < -0.4 is 5.32 Å². The zero-order valence-corrected chi connectivity index (χ0v) is 11.6. The van der Waals surface area contributed by atoms with Crippen molar-refractivity contribution in [3.8, 4) is 0 Å². The average molecular weight is 307 g/mol. The molecule has 112 valence electrons. The van der Waals surface area contributed by atoms with Crippen LogP contribution in [0.5, 0.6) is 0 Å². The van der Waals surface area contributed by atoms with E-state index >= 15 is 0 Å². The molecule has 1 fully saturated rings. The fourth-order valence-corrected chi connectivity index (χ4v) is 2.46. The number of hydrogen-bond donors (Lipinski definition) is 2. The molecule has 0 bridgehead atoms. The Balaban J connectivity index is 1.79. The van der Waals surface area contributed by atoms with Crippen LogP contribution in [0.15, 0.2) is 29.2 Å². The maximum absolute atomic E-state index is 12.2. The van der Waals surface area contributed by atoms with Gasteiger partial charge in [-0.2, -0.15) is 13.2 Å². The highest BCUT2D eigenvalue weighted by molar-refractivity contribution is 8.00. The van der Waals surface area contributed by atoms with Crippen molar-refractivity contribution < 1.29 is 23.0 Å². The summed E-state index contributed by atoms with van der Waals surface area (Å²) in [4.78, 5) is 0.181.